The molecule has 1 unspecified atom stereocenters. The summed E-state index contributed by atoms with van der Waals surface area (Å²) < 4.78 is 12.9. The lowest BCUT2D eigenvalue weighted by molar-refractivity contribution is 0.219. The van der Waals surface area contributed by atoms with Crippen molar-refractivity contribution >= 4 is 5.69 Å². The second-order valence-corrected chi connectivity index (χ2v) is 4.60. The fourth-order valence-electron chi connectivity index (χ4n) is 2.38. The van der Waals surface area contributed by atoms with Gasteiger partial charge in [-0.1, -0.05) is 0 Å². The Morgan fingerprint density at radius 2 is 2.00 bits per heavy atom. The van der Waals surface area contributed by atoms with Crippen LogP contribution < -0.4 is 4.90 Å². The summed E-state index contributed by atoms with van der Waals surface area (Å²) in [4.78, 5) is 4.52. The molecule has 0 saturated carbocycles. The lowest BCUT2D eigenvalue weighted by atomic mass is 10.1. The van der Waals surface area contributed by atoms with Crippen LogP contribution in [-0.4, -0.2) is 49.3 Å². The molecule has 0 spiro atoms. The smallest absolute Gasteiger partial charge is 0.123 e. The maximum Gasteiger partial charge on any atom is 0.123 e. The Hall–Kier alpha value is -1.13. The first-order valence-electron chi connectivity index (χ1n) is 6.02. The van der Waals surface area contributed by atoms with E-state index in [0.717, 1.165) is 31.7 Å². The van der Waals surface area contributed by atoms with Crippen molar-refractivity contribution in [3.8, 4) is 0 Å². The number of aliphatic hydroxyl groups is 1. The third kappa shape index (κ3) is 2.96. The number of aliphatic hydroxyl groups excluding tert-OH is 1. The van der Waals surface area contributed by atoms with Gasteiger partial charge in [-0.05, 0) is 37.7 Å². The first-order valence-corrected chi connectivity index (χ1v) is 6.02. The Morgan fingerprint density at radius 3 is 2.65 bits per heavy atom. The van der Waals surface area contributed by atoms with Crippen molar-refractivity contribution in [2.45, 2.75) is 12.5 Å². The summed E-state index contributed by atoms with van der Waals surface area (Å²) >= 11 is 0. The summed E-state index contributed by atoms with van der Waals surface area (Å²) in [5, 5.41) is 9.11. The van der Waals surface area contributed by atoms with E-state index in [0.29, 0.717) is 6.04 Å². The SMILES string of the molecule is CN1CCN(c2ccc(F)cc2)C(CCO)C1. The molecule has 0 bridgehead atoms. The maximum absolute atomic E-state index is 12.9. The van der Waals surface area contributed by atoms with Gasteiger partial charge in [0.25, 0.3) is 0 Å². The van der Waals surface area contributed by atoms with Gasteiger partial charge in [0.1, 0.15) is 5.82 Å². The van der Waals surface area contributed by atoms with E-state index in [9.17, 15) is 4.39 Å². The third-order valence-corrected chi connectivity index (χ3v) is 3.31. The van der Waals surface area contributed by atoms with E-state index in [2.05, 4.69) is 16.8 Å². The van der Waals surface area contributed by atoms with Crippen LogP contribution in [0.3, 0.4) is 0 Å². The zero-order chi connectivity index (χ0) is 12.3. The highest BCUT2D eigenvalue weighted by atomic mass is 19.1. The first-order chi connectivity index (χ1) is 8.20. The average molecular weight is 238 g/mol. The van der Waals surface area contributed by atoms with Gasteiger partial charge in [-0.15, -0.1) is 0 Å². The van der Waals surface area contributed by atoms with Crippen LogP contribution in [0, 0.1) is 5.82 Å². The monoisotopic (exact) mass is 238 g/mol. The number of hydrogen-bond acceptors (Lipinski definition) is 3. The number of halogens is 1. The van der Waals surface area contributed by atoms with Gasteiger partial charge >= 0.3 is 0 Å². The van der Waals surface area contributed by atoms with Crippen molar-refractivity contribution in [1.29, 1.82) is 0 Å². The van der Waals surface area contributed by atoms with Crippen molar-refractivity contribution in [2.75, 3.05) is 38.2 Å². The average Bonchev–Trinajstić information content (AvgIpc) is 2.31. The number of likely N-dealkylation sites (N-methyl/N-ethyl adjacent to an activating group) is 1. The van der Waals surface area contributed by atoms with Crippen LogP contribution in [0.25, 0.3) is 0 Å². The summed E-state index contributed by atoms with van der Waals surface area (Å²) in [5.41, 5.74) is 1.04. The molecule has 3 nitrogen and oxygen atoms in total. The molecule has 1 heterocycles. The van der Waals surface area contributed by atoms with E-state index >= 15 is 0 Å². The molecule has 0 amide bonds. The molecule has 1 aliphatic heterocycles. The topological polar surface area (TPSA) is 26.7 Å². The zero-order valence-electron chi connectivity index (χ0n) is 10.1. The molecule has 2 rings (SSSR count). The highest BCUT2D eigenvalue weighted by Gasteiger charge is 2.24. The van der Waals surface area contributed by atoms with Gasteiger partial charge in [0, 0.05) is 38.0 Å². The van der Waals surface area contributed by atoms with E-state index in [1.54, 1.807) is 0 Å². The lowest BCUT2D eigenvalue weighted by Gasteiger charge is -2.41. The summed E-state index contributed by atoms with van der Waals surface area (Å²) in [7, 11) is 2.09. The molecule has 4 heteroatoms. The largest absolute Gasteiger partial charge is 0.396 e. The predicted molar refractivity (Wildman–Crippen MR) is 66.7 cm³/mol. The maximum atomic E-state index is 12.9. The van der Waals surface area contributed by atoms with Gasteiger partial charge in [-0.2, -0.15) is 0 Å². The highest BCUT2D eigenvalue weighted by Crippen LogP contribution is 2.22. The van der Waals surface area contributed by atoms with E-state index in [1.165, 1.54) is 12.1 Å². The number of hydrogen-bond donors (Lipinski definition) is 1. The van der Waals surface area contributed by atoms with Gasteiger partial charge in [0.05, 0.1) is 0 Å². The molecule has 1 fully saturated rings. The quantitative estimate of drug-likeness (QED) is 0.860. The number of anilines is 1. The molecule has 0 aliphatic carbocycles. The summed E-state index contributed by atoms with van der Waals surface area (Å²) in [6, 6.07) is 6.91. The Labute approximate surface area is 101 Å². The Bertz CT molecular complexity index is 355. The predicted octanol–water partition coefficient (Wildman–Crippen LogP) is 1.33. The normalized spacial score (nSPS) is 21.8. The fourth-order valence-corrected chi connectivity index (χ4v) is 2.38. The molecule has 17 heavy (non-hydrogen) atoms. The molecule has 1 saturated heterocycles. The van der Waals surface area contributed by atoms with Crippen molar-refractivity contribution < 1.29 is 9.50 Å². The van der Waals surface area contributed by atoms with Gasteiger partial charge in [0.15, 0.2) is 0 Å². The molecule has 0 radical (unpaired) electrons. The summed E-state index contributed by atoms with van der Waals surface area (Å²) in [6.07, 6.45) is 0.752. The van der Waals surface area contributed by atoms with Crippen LogP contribution in [0.4, 0.5) is 10.1 Å². The third-order valence-electron chi connectivity index (χ3n) is 3.31. The molecule has 1 aliphatic rings. The van der Waals surface area contributed by atoms with Crippen LogP contribution in [0.15, 0.2) is 24.3 Å². The van der Waals surface area contributed by atoms with Crippen LogP contribution in [0.2, 0.25) is 0 Å². The van der Waals surface area contributed by atoms with Gasteiger partial charge in [-0.25, -0.2) is 4.39 Å². The molecular weight excluding hydrogens is 219 g/mol. The Balaban J connectivity index is 2.14. The zero-order valence-corrected chi connectivity index (χ0v) is 10.1. The first kappa shape index (κ1) is 12.3. The molecule has 1 atom stereocenters. The summed E-state index contributed by atoms with van der Waals surface area (Å²) in [5.74, 6) is -0.207. The minimum Gasteiger partial charge on any atom is -0.396 e. The van der Waals surface area contributed by atoms with Crippen LogP contribution >= 0.6 is 0 Å². The lowest BCUT2D eigenvalue weighted by Crippen LogP contribution is -2.52. The molecule has 1 aromatic carbocycles. The number of piperazine rings is 1. The molecule has 0 aromatic heterocycles. The second-order valence-electron chi connectivity index (χ2n) is 4.60. The molecule has 1 N–H and O–H groups in total. The second kappa shape index (κ2) is 5.47. The summed E-state index contributed by atoms with van der Waals surface area (Å²) in [6.45, 7) is 3.06. The van der Waals surface area contributed by atoms with Crippen molar-refractivity contribution in [1.82, 2.24) is 4.90 Å². The fraction of sp³-hybridized carbons (Fsp3) is 0.538. The van der Waals surface area contributed by atoms with E-state index in [1.807, 2.05) is 12.1 Å². The molecule has 1 aromatic rings. The number of benzene rings is 1. The Morgan fingerprint density at radius 1 is 1.29 bits per heavy atom. The standard InChI is InChI=1S/C13H19FN2O/c1-15-7-8-16(13(10-15)6-9-17)12-4-2-11(14)3-5-12/h2-5,13,17H,6-10H2,1H3. The van der Waals surface area contributed by atoms with E-state index < -0.39 is 0 Å². The van der Waals surface area contributed by atoms with Crippen LogP contribution in [-0.2, 0) is 0 Å². The number of rotatable bonds is 3. The highest BCUT2D eigenvalue weighted by molar-refractivity contribution is 5.48. The minimum atomic E-state index is -0.207. The van der Waals surface area contributed by atoms with E-state index in [-0.39, 0.29) is 12.4 Å². The van der Waals surface area contributed by atoms with Crippen molar-refractivity contribution in [2.24, 2.45) is 0 Å². The van der Waals surface area contributed by atoms with E-state index in [4.69, 9.17) is 5.11 Å². The molecular formula is C13H19FN2O. The van der Waals surface area contributed by atoms with Crippen LogP contribution in [0.5, 0.6) is 0 Å². The van der Waals surface area contributed by atoms with Gasteiger partial charge in [0.2, 0.25) is 0 Å². The minimum absolute atomic E-state index is 0.191. The van der Waals surface area contributed by atoms with Gasteiger partial charge < -0.3 is 14.9 Å². The van der Waals surface area contributed by atoms with Crippen LogP contribution in [0.1, 0.15) is 6.42 Å². The number of nitrogens with zero attached hydrogens (tertiary/aromatic N) is 2. The Kier molecular flexibility index (Phi) is 3.97. The molecule has 94 valence electrons. The van der Waals surface area contributed by atoms with Crippen molar-refractivity contribution in [3.05, 3.63) is 30.1 Å². The van der Waals surface area contributed by atoms with Gasteiger partial charge in [-0.3, -0.25) is 0 Å². The van der Waals surface area contributed by atoms with Crippen molar-refractivity contribution in [3.63, 3.8) is 0 Å².